The molecule has 0 saturated carbocycles. The zero-order valence-electron chi connectivity index (χ0n) is 13.1. The maximum absolute atomic E-state index is 12.5. The molecule has 130 valence electrons. The van der Waals surface area contributed by atoms with E-state index < -0.39 is 10.0 Å². The number of sulfonamides is 1. The monoisotopic (exact) mass is 415 g/mol. The van der Waals surface area contributed by atoms with Gasteiger partial charge in [0.2, 0.25) is 10.0 Å². The van der Waals surface area contributed by atoms with Gasteiger partial charge in [0.25, 0.3) is 5.56 Å². The molecule has 0 aliphatic rings. The van der Waals surface area contributed by atoms with Crippen LogP contribution in [0.2, 0.25) is 0 Å². The summed E-state index contributed by atoms with van der Waals surface area (Å²) in [7, 11) is -3.71. The third-order valence-electron chi connectivity index (χ3n) is 3.12. The van der Waals surface area contributed by atoms with Crippen molar-refractivity contribution in [2.45, 2.75) is 24.8 Å². The second-order valence-electron chi connectivity index (χ2n) is 4.86. The Hall–Kier alpha value is -1.71. The second kappa shape index (κ2) is 8.41. The molecule has 0 aliphatic carbocycles. The minimum atomic E-state index is -3.71. The Morgan fingerprint density at radius 3 is 2.83 bits per heavy atom. The van der Waals surface area contributed by atoms with Gasteiger partial charge in [0.15, 0.2) is 0 Å². The van der Waals surface area contributed by atoms with Crippen LogP contribution in [0.3, 0.4) is 0 Å². The average molecular weight is 416 g/mol. The maximum Gasteiger partial charge on any atom is 0.266 e. The molecule has 0 saturated heterocycles. The normalized spacial score (nSPS) is 11.4. The molecule has 0 spiro atoms. The van der Waals surface area contributed by atoms with Gasteiger partial charge in [-0.3, -0.25) is 4.79 Å². The molecule has 2 aromatic rings. The first-order chi connectivity index (χ1) is 11.4. The van der Waals surface area contributed by atoms with Crippen LogP contribution in [0.1, 0.15) is 13.3 Å². The Kier molecular flexibility index (Phi) is 6.52. The summed E-state index contributed by atoms with van der Waals surface area (Å²) in [5.74, 6) is 0.300. The quantitative estimate of drug-likeness (QED) is 0.663. The molecule has 7 nitrogen and oxygen atoms in total. The van der Waals surface area contributed by atoms with Gasteiger partial charge in [0, 0.05) is 29.8 Å². The molecule has 0 amide bonds. The predicted molar refractivity (Wildman–Crippen MR) is 93.6 cm³/mol. The van der Waals surface area contributed by atoms with E-state index in [2.05, 4.69) is 25.8 Å². The molecule has 1 heterocycles. The Labute approximate surface area is 148 Å². The standard InChI is InChI=1S/C15H18BrN3O4S/c1-2-23-13-7-6-12(16)11-14(13)24(21,22)18-9-4-10-19-15(20)5-3-8-17-19/h3,5-8,11,18H,2,4,9-10H2,1H3. The van der Waals surface area contributed by atoms with Crippen molar-refractivity contribution in [2.75, 3.05) is 13.2 Å². The summed E-state index contributed by atoms with van der Waals surface area (Å²) in [6, 6.07) is 7.79. The van der Waals surface area contributed by atoms with Gasteiger partial charge in [0.05, 0.1) is 6.61 Å². The molecular weight excluding hydrogens is 398 g/mol. The van der Waals surface area contributed by atoms with Crippen molar-refractivity contribution >= 4 is 26.0 Å². The Morgan fingerprint density at radius 2 is 2.12 bits per heavy atom. The smallest absolute Gasteiger partial charge is 0.266 e. The van der Waals surface area contributed by atoms with Crippen molar-refractivity contribution in [3.05, 3.63) is 51.4 Å². The van der Waals surface area contributed by atoms with Crippen LogP contribution in [0.5, 0.6) is 5.75 Å². The molecule has 0 aliphatic heterocycles. The molecule has 1 aromatic heterocycles. The molecule has 0 unspecified atom stereocenters. The zero-order valence-corrected chi connectivity index (χ0v) is 15.5. The first-order valence-electron chi connectivity index (χ1n) is 7.38. The van der Waals surface area contributed by atoms with Gasteiger partial charge in [-0.25, -0.2) is 17.8 Å². The van der Waals surface area contributed by atoms with Crippen LogP contribution >= 0.6 is 15.9 Å². The van der Waals surface area contributed by atoms with E-state index >= 15 is 0 Å². The number of halogens is 1. The third kappa shape index (κ3) is 4.89. The largest absolute Gasteiger partial charge is 0.492 e. The van der Waals surface area contributed by atoms with Crippen LogP contribution in [0.25, 0.3) is 0 Å². The van der Waals surface area contributed by atoms with Gasteiger partial charge in [0.1, 0.15) is 10.6 Å². The predicted octanol–water partition coefficient (Wildman–Crippen LogP) is 1.77. The van der Waals surface area contributed by atoms with E-state index in [-0.39, 0.29) is 17.0 Å². The fourth-order valence-corrected chi connectivity index (χ4v) is 3.79. The number of aromatic nitrogens is 2. The molecule has 9 heteroatoms. The minimum absolute atomic E-state index is 0.0775. The maximum atomic E-state index is 12.5. The Morgan fingerprint density at radius 1 is 1.33 bits per heavy atom. The summed E-state index contributed by atoms with van der Waals surface area (Å²) in [4.78, 5) is 11.6. The van der Waals surface area contributed by atoms with Crippen molar-refractivity contribution in [3.8, 4) is 5.75 Å². The van der Waals surface area contributed by atoms with E-state index in [0.29, 0.717) is 29.8 Å². The number of rotatable bonds is 8. The molecule has 1 N–H and O–H groups in total. The summed E-state index contributed by atoms with van der Waals surface area (Å²) >= 11 is 3.27. The van der Waals surface area contributed by atoms with Crippen LogP contribution in [0, 0.1) is 0 Å². The fourth-order valence-electron chi connectivity index (χ4n) is 2.03. The molecule has 0 atom stereocenters. The van der Waals surface area contributed by atoms with Crippen LogP contribution in [0.4, 0.5) is 0 Å². The van der Waals surface area contributed by atoms with Gasteiger partial charge in [-0.15, -0.1) is 0 Å². The van der Waals surface area contributed by atoms with Gasteiger partial charge in [-0.2, -0.15) is 5.10 Å². The van der Waals surface area contributed by atoms with E-state index in [1.807, 2.05) is 0 Å². The summed E-state index contributed by atoms with van der Waals surface area (Å²) in [5, 5.41) is 3.92. The van der Waals surface area contributed by atoms with Crippen molar-refractivity contribution in [1.82, 2.24) is 14.5 Å². The summed E-state index contributed by atoms with van der Waals surface area (Å²) in [5.41, 5.74) is -0.217. The SMILES string of the molecule is CCOc1ccc(Br)cc1S(=O)(=O)NCCCn1ncccc1=O. The lowest BCUT2D eigenvalue weighted by Crippen LogP contribution is -2.28. The number of benzene rings is 1. The molecular formula is C15H18BrN3O4S. The first-order valence-corrected chi connectivity index (χ1v) is 9.66. The second-order valence-corrected chi connectivity index (χ2v) is 7.51. The number of hydrogen-bond acceptors (Lipinski definition) is 5. The lowest BCUT2D eigenvalue weighted by molar-refractivity contribution is 0.331. The van der Waals surface area contributed by atoms with Gasteiger partial charge >= 0.3 is 0 Å². The fraction of sp³-hybridized carbons (Fsp3) is 0.333. The van der Waals surface area contributed by atoms with Gasteiger partial charge in [-0.05, 0) is 37.6 Å². The molecule has 0 fully saturated rings. The summed E-state index contributed by atoms with van der Waals surface area (Å²) in [6.45, 7) is 2.67. The van der Waals surface area contributed by atoms with Crippen LogP contribution in [-0.2, 0) is 16.6 Å². The topological polar surface area (TPSA) is 90.3 Å². The Balaban J connectivity index is 2.03. The molecule has 2 rings (SSSR count). The lowest BCUT2D eigenvalue weighted by Gasteiger charge is -2.12. The van der Waals surface area contributed by atoms with Gasteiger partial charge < -0.3 is 4.74 Å². The average Bonchev–Trinajstić information content (AvgIpc) is 2.55. The minimum Gasteiger partial charge on any atom is -0.492 e. The van der Waals surface area contributed by atoms with E-state index in [9.17, 15) is 13.2 Å². The molecule has 0 bridgehead atoms. The summed E-state index contributed by atoms with van der Waals surface area (Å²) < 4.78 is 34.8. The van der Waals surface area contributed by atoms with Crippen LogP contribution < -0.4 is 15.0 Å². The van der Waals surface area contributed by atoms with E-state index in [1.54, 1.807) is 25.1 Å². The first kappa shape index (κ1) is 18.6. The highest BCUT2D eigenvalue weighted by molar-refractivity contribution is 9.10. The number of aryl methyl sites for hydroxylation is 1. The highest BCUT2D eigenvalue weighted by Gasteiger charge is 2.19. The van der Waals surface area contributed by atoms with Crippen LogP contribution in [-0.4, -0.2) is 31.3 Å². The van der Waals surface area contributed by atoms with Crippen molar-refractivity contribution in [2.24, 2.45) is 0 Å². The number of hydrogen-bond donors (Lipinski definition) is 1. The van der Waals surface area contributed by atoms with Crippen molar-refractivity contribution in [1.29, 1.82) is 0 Å². The van der Waals surface area contributed by atoms with Crippen LogP contribution in [0.15, 0.2) is 50.7 Å². The zero-order chi connectivity index (χ0) is 17.6. The molecule has 0 radical (unpaired) electrons. The molecule has 24 heavy (non-hydrogen) atoms. The van der Waals surface area contributed by atoms with Gasteiger partial charge in [-0.1, -0.05) is 15.9 Å². The number of ether oxygens (including phenoxy) is 1. The van der Waals surface area contributed by atoms with E-state index in [4.69, 9.17) is 4.74 Å². The molecule has 1 aromatic carbocycles. The number of nitrogens with zero attached hydrogens (tertiary/aromatic N) is 2. The third-order valence-corrected chi connectivity index (χ3v) is 5.09. The summed E-state index contributed by atoms with van der Waals surface area (Å²) in [6.07, 6.45) is 1.95. The highest BCUT2D eigenvalue weighted by Crippen LogP contribution is 2.27. The van der Waals surface area contributed by atoms with E-state index in [1.165, 1.54) is 23.0 Å². The Bertz CT molecular complexity index is 852. The van der Waals surface area contributed by atoms with E-state index in [0.717, 1.165) is 0 Å². The number of nitrogens with one attached hydrogen (secondary N) is 1. The van der Waals surface area contributed by atoms with Crippen molar-refractivity contribution < 1.29 is 13.2 Å². The highest BCUT2D eigenvalue weighted by atomic mass is 79.9. The van der Waals surface area contributed by atoms with Crippen molar-refractivity contribution in [3.63, 3.8) is 0 Å². The lowest BCUT2D eigenvalue weighted by atomic mass is 10.3.